The van der Waals surface area contributed by atoms with Crippen molar-refractivity contribution in [3.05, 3.63) is 63.1 Å². The molecule has 4 rings (SSSR count). The zero-order valence-electron chi connectivity index (χ0n) is 15.7. The number of piperazine rings is 1. The molecule has 0 aliphatic carbocycles. The second-order valence-corrected chi connectivity index (χ2v) is 8.00. The molecule has 0 unspecified atom stereocenters. The summed E-state index contributed by atoms with van der Waals surface area (Å²) in [7, 11) is 1.60. The fourth-order valence-electron chi connectivity index (χ4n) is 3.53. The second-order valence-electron chi connectivity index (χ2n) is 6.88. The van der Waals surface area contributed by atoms with E-state index >= 15 is 0 Å². The Hall–Kier alpha value is -2.55. The van der Waals surface area contributed by atoms with Crippen LogP contribution in [0.1, 0.15) is 10.6 Å². The Balaban J connectivity index is 1.36. The van der Waals surface area contributed by atoms with Gasteiger partial charge in [0.2, 0.25) is 0 Å². The molecule has 3 aromatic rings. The number of nitro benzene ring substituents is 1. The van der Waals surface area contributed by atoms with E-state index in [4.69, 9.17) is 9.72 Å². The minimum absolute atomic E-state index is 0.102. The molecule has 0 spiro atoms. The molecule has 8 heteroatoms. The van der Waals surface area contributed by atoms with Gasteiger partial charge in [0.15, 0.2) is 0 Å². The third-order valence-corrected chi connectivity index (χ3v) is 6.05. The second kappa shape index (κ2) is 8.22. The maximum absolute atomic E-state index is 11.1. The number of hydrogen-bond acceptors (Lipinski definition) is 7. The Labute approximate surface area is 167 Å². The number of para-hydroxylation sites is 1. The van der Waals surface area contributed by atoms with Crippen LogP contribution in [-0.2, 0) is 13.1 Å². The maximum Gasteiger partial charge on any atom is 0.270 e. The van der Waals surface area contributed by atoms with Gasteiger partial charge in [0.25, 0.3) is 5.69 Å². The van der Waals surface area contributed by atoms with Crippen molar-refractivity contribution in [1.29, 1.82) is 0 Å². The number of nitrogens with zero attached hydrogens (tertiary/aromatic N) is 4. The summed E-state index contributed by atoms with van der Waals surface area (Å²) in [5, 5.41) is 12.2. The summed E-state index contributed by atoms with van der Waals surface area (Å²) in [5.74, 6) is 0.697. The lowest BCUT2D eigenvalue weighted by Crippen LogP contribution is -2.45. The average molecular weight is 398 g/mol. The third-order valence-electron chi connectivity index (χ3n) is 5.03. The highest BCUT2D eigenvalue weighted by atomic mass is 32.1. The summed E-state index contributed by atoms with van der Waals surface area (Å²) in [6, 6.07) is 13.0. The lowest BCUT2D eigenvalue weighted by atomic mass is 10.1. The molecule has 2 aromatic carbocycles. The van der Waals surface area contributed by atoms with Crippen molar-refractivity contribution >= 4 is 27.2 Å². The van der Waals surface area contributed by atoms with Gasteiger partial charge in [0.05, 0.1) is 28.8 Å². The lowest BCUT2D eigenvalue weighted by molar-refractivity contribution is -0.385. The normalized spacial score (nSPS) is 15.8. The van der Waals surface area contributed by atoms with Crippen molar-refractivity contribution in [3.63, 3.8) is 0 Å². The van der Waals surface area contributed by atoms with Crippen LogP contribution in [0, 0.1) is 10.1 Å². The predicted octanol–water partition coefficient (Wildman–Crippen LogP) is 3.53. The smallest absolute Gasteiger partial charge is 0.270 e. The number of benzene rings is 2. The van der Waals surface area contributed by atoms with Gasteiger partial charge in [-0.25, -0.2) is 4.98 Å². The van der Waals surface area contributed by atoms with E-state index in [9.17, 15) is 10.1 Å². The Morgan fingerprint density at radius 1 is 1.11 bits per heavy atom. The lowest BCUT2D eigenvalue weighted by Gasteiger charge is -2.34. The van der Waals surface area contributed by atoms with Gasteiger partial charge in [-0.1, -0.05) is 12.1 Å². The van der Waals surface area contributed by atoms with Gasteiger partial charge in [0, 0.05) is 50.4 Å². The van der Waals surface area contributed by atoms with Crippen LogP contribution in [0.2, 0.25) is 0 Å². The highest BCUT2D eigenvalue weighted by Crippen LogP contribution is 2.26. The SMILES string of the molecule is COc1ccc([N+](=O)[O-])cc1CN1CCN(Cc2nc3ccccc3s2)CC1. The van der Waals surface area contributed by atoms with Crippen molar-refractivity contribution in [2.24, 2.45) is 0 Å². The van der Waals surface area contributed by atoms with E-state index in [2.05, 4.69) is 21.9 Å². The number of ether oxygens (including phenoxy) is 1. The van der Waals surface area contributed by atoms with Crippen LogP contribution in [0.3, 0.4) is 0 Å². The van der Waals surface area contributed by atoms with Gasteiger partial charge in [-0.05, 0) is 18.2 Å². The first-order valence-electron chi connectivity index (χ1n) is 9.23. The number of rotatable bonds is 6. The molecule has 0 atom stereocenters. The van der Waals surface area contributed by atoms with Crippen LogP contribution < -0.4 is 4.74 Å². The van der Waals surface area contributed by atoms with Crippen LogP contribution in [0.15, 0.2) is 42.5 Å². The van der Waals surface area contributed by atoms with Crippen LogP contribution in [0.4, 0.5) is 5.69 Å². The van der Waals surface area contributed by atoms with Crippen molar-refractivity contribution in [2.45, 2.75) is 13.1 Å². The number of nitro groups is 1. The molecule has 0 N–H and O–H groups in total. The molecule has 0 bridgehead atoms. The molecule has 1 aliphatic heterocycles. The minimum atomic E-state index is -0.362. The van der Waals surface area contributed by atoms with Gasteiger partial charge < -0.3 is 4.74 Å². The van der Waals surface area contributed by atoms with Crippen molar-refractivity contribution in [1.82, 2.24) is 14.8 Å². The summed E-state index contributed by atoms with van der Waals surface area (Å²) in [4.78, 5) is 20.2. The van der Waals surface area contributed by atoms with Crippen molar-refractivity contribution < 1.29 is 9.66 Å². The molecule has 2 heterocycles. The molecular formula is C20H22N4O3S. The quantitative estimate of drug-likeness (QED) is 0.467. The van der Waals surface area contributed by atoms with Gasteiger partial charge in [-0.2, -0.15) is 0 Å². The number of aromatic nitrogens is 1. The summed E-state index contributed by atoms with van der Waals surface area (Å²) >= 11 is 1.76. The van der Waals surface area contributed by atoms with Gasteiger partial charge >= 0.3 is 0 Å². The van der Waals surface area contributed by atoms with E-state index in [1.165, 1.54) is 10.8 Å². The molecule has 1 aliphatic rings. The van der Waals surface area contributed by atoms with E-state index < -0.39 is 0 Å². The molecule has 0 saturated carbocycles. The molecule has 7 nitrogen and oxygen atoms in total. The van der Waals surface area contributed by atoms with E-state index in [0.29, 0.717) is 12.3 Å². The van der Waals surface area contributed by atoms with Crippen LogP contribution in [0.25, 0.3) is 10.2 Å². The van der Waals surface area contributed by atoms with E-state index in [1.807, 2.05) is 12.1 Å². The number of hydrogen-bond donors (Lipinski definition) is 0. The molecule has 1 aromatic heterocycles. The van der Waals surface area contributed by atoms with E-state index in [-0.39, 0.29) is 10.6 Å². The molecular weight excluding hydrogens is 376 g/mol. The molecule has 1 fully saturated rings. The molecule has 28 heavy (non-hydrogen) atoms. The highest BCUT2D eigenvalue weighted by molar-refractivity contribution is 7.18. The van der Waals surface area contributed by atoms with Crippen LogP contribution in [0.5, 0.6) is 5.75 Å². The Bertz CT molecular complexity index is 949. The Morgan fingerprint density at radius 3 is 2.50 bits per heavy atom. The first-order chi connectivity index (χ1) is 13.6. The van der Waals surface area contributed by atoms with E-state index in [1.54, 1.807) is 30.6 Å². The minimum Gasteiger partial charge on any atom is -0.496 e. The number of thiazole rings is 1. The number of fused-ring (bicyclic) bond motifs is 1. The number of methoxy groups -OCH3 is 1. The maximum atomic E-state index is 11.1. The zero-order valence-corrected chi connectivity index (χ0v) is 16.5. The summed E-state index contributed by atoms with van der Waals surface area (Å²) < 4.78 is 6.61. The summed E-state index contributed by atoms with van der Waals surface area (Å²) in [6.45, 7) is 5.25. The summed E-state index contributed by atoms with van der Waals surface area (Å²) in [5.41, 5.74) is 2.03. The molecule has 146 valence electrons. The molecule has 0 amide bonds. The van der Waals surface area contributed by atoms with Gasteiger partial charge in [0.1, 0.15) is 10.8 Å². The predicted molar refractivity (Wildman–Crippen MR) is 110 cm³/mol. The largest absolute Gasteiger partial charge is 0.496 e. The van der Waals surface area contributed by atoms with Gasteiger partial charge in [-0.15, -0.1) is 11.3 Å². The zero-order chi connectivity index (χ0) is 19.5. The fourth-order valence-corrected chi connectivity index (χ4v) is 4.54. The fraction of sp³-hybridized carbons (Fsp3) is 0.350. The van der Waals surface area contributed by atoms with Crippen LogP contribution >= 0.6 is 11.3 Å². The first-order valence-corrected chi connectivity index (χ1v) is 10.0. The highest BCUT2D eigenvalue weighted by Gasteiger charge is 2.20. The monoisotopic (exact) mass is 398 g/mol. The first kappa shape index (κ1) is 18.8. The number of non-ortho nitro benzene ring substituents is 1. The standard InChI is InChI=1S/C20H22N4O3S/c1-27-18-7-6-16(24(25)26)12-15(18)13-22-8-10-23(11-9-22)14-20-21-17-4-2-3-5-19(17)28-20/h2-7,12H,8-11,13-14H2,1H3. The Morgan fingerprint density at radius 2 is 1.82 bits per heavy atom. The Kier molecular flexibility index (Phi) is 5.52. The summed E-state index contributed by atoms with van der Waals surface area (Å²) in [6.07, 6.45) is 0. The van der Waals surface area contributed by atoms with Crippen molar-refractivity contribution in [2.75, 3.05) is 33.3 Å². The average Bonchev–Trinajstić information content (AvgIpc) is 3.11. The van der Waals surface area contributed by atoms with E-state index in [0.717, 1.165) is 48.8 Å². The van der Waals surface area contributed by atoms with Crippen LogP contribution in [-0.4, -0.2) is 53.0 Å². The van der Waals surface area contributed by atoms with Gasteiger partial charge in [-0.3, -0.25) is 19.9 Å². The van der Waals surface area contributed by atoms with Crippen molar-refractivity contribution in [3.8, 4) is 5.75 Å². The topological polar surface area (TPSA) is 71.7 Å². The molecule has 0 radical (unpaired) electrons. The third kappa shape index (κ3) is 4.14. The molecule has 1 saturated heterocycles.